The van der Waals surface area contributed by atoms with Crippen molar-refractivity contribution in [1.29, 1.82) is 5.41 Å². The van der Waals surface area contributed by atoms with Crippen molar-refractivity contribution in [2.75, 3.05) is 13.7 Å². The van der Waals surface area contributed by atoms with E-state index in [1.165, 1.54) is 0 Å². The van der Waals surface area contributed by atoms with Crippen LogP contribution in [0.2, 0.25) is 0 Å². The summed E-state index contributed by atoms with van der Waals surface area (Å²) in [5, 5.41) is 16.5. The molecule has 0 unspecified atom stereocenters. The van der Waals surface area contributed by atoms with Crippen LogP contribution < -0.4 is 15.1 Å². The number of hydrogen-bond donors (Lipinski definition) is 1. The van der Waals surface area contributed by atoms with Crippen molar-refractivity contribution in [3.8, 4) is 11.6 Å². The van der Waals surface area contributed by atoms with Crippen LogP contribution in [0, 0.1) is 5.41 Å². The van der Waals surface area contributed by atoms with Crippen molar-refractivity contribution < 1.29 is 33.7 Å². The van der Waals surface area contributed by atoms with Crippen LogP contribution in [-0.4, -0.2) is 38.9 Å². The summed E-state index contributed by atoms with van der Waals surface area (Å²) in [6, 6.07) is 2.76. The fraction of sp³-hybridized carbons (Fsp3) is 0.333. The van der Waals surface area contributed by atoms with E-state index in [0.29, 0.717) is 18.6 Å². The Hall–Kier alpha value is -3.16. The largest absolute Gasteiger partial charge is 0.497 e. The number of hydrogen-bond acceptors (Lipinski definition) is 6. The lowest BCUT2D eigenvalue weighted by Gasteiger charge is -2.40. The molecule has 14 heteroatoms. The number of aryl methyl sites for hydroxylation is 1. The van der Waals surface area contributed by atoms with Gasteiger partial charge in [-0.1, -0.05) is 26.4 Å². The van der Waals surface area contributed by atoms with E-state index < -0.39 is 38.8 Å². The molecule has 0 bridgehead atoms. The van der Waals surface area contributed by atoms with Crippen LogP contribution >= 0.6 is 10.2 Å². The second-order valence-electron chi connectivity index (χ2n) is 6.80. The Morgan fingerprint density at radius 1 is 1.09 bits per heavy atom. The molecule has 32 heavy (non-hydrogen) atoms. The lowest BCUT2D eigenvalue weighted by atomic mass is 10.1. The zero-order chi connectivity index (χ0) is 24.0. The molecule has 1 N–H and O–H groups in total. The van der Waals surface area contributed by atoms with Gasteiger partial charge in [0.1, 0.15) is 17.2 Å². The lowest BCUT2D eigenvalue weighted by Crippen LogP contribution is -2.26. The molecule has 0 fully saturated rings. The molecule has 3 rings (SSSR count). The zero-order valence-corrected chi connectivity index (χ0v) is 18.1. The minimum Gasteiger partial charge on any atom is -0.497 e. The standard InChI is InChI=1S/C18H20F5N5O3S/c1-4-11-8-16(31-5-2)25-28-17(11)26-27(18(28)24)10-15(29)12-6-13(30-3)9-14(7-12)32(19,20,21,22)23/h6-9,24H,4-5,10H2,1-3H3. The molecule has 0 saturated carbocycles. The van der Waals surface area contributed by atoms with E-state index in [-0.39, 0.29) is 29.3 Å². The maximum absolute atomic E-state index is 13.3. The summed E-state index contributed by atoms with van der Waals surface area (Å²) < 4.78 is 78.5. The molecule has 3 aromatic rings. The van der Waals surface area contributed by atoms with Gasteiger partial charge in [-0.25, -0.2) is 4.68 Å². The summed E-state index contributed by atoms with van der Waals surface area (Å²) in [4.78, 5) is 10.4. The quantitative estimate of drug-likeness (QED) is 0.377. The van der Waals surface area contributed by atoms with Crippen molar-refractivity contribution in [1.82, 2.24) is 19.4 Å². The first-order valence-corrected chi connectivity index (χ1v) is 11.3. The molecule has 0 spiro atoms. The van der Waals surface area contributed by atoms with Gasteiger partial charge in [0.15, 0.2) is 11.4 Å². The van der Waals surface area contributed by atoms with Crippen LogP contribution in [0.5, 0.6) is 11.6 Å². The van der Waals surface area contributed by atoms with Crippen molar-refractivity contribution in [3.63, 3.8) is 0 Å². The molecular weight excluding hydrogens is 461 g/mol. The lowest BCUT2D eigenvalue weighted by molar-refractivity contribution is 0.0965. The van der Waals surface area contributed by atoms with Crippen molar-refractivity contribution in [2.24, 2.45) is 0 Å². The molecule has 0 aliphatic carbocycles. The minimum atomic E-state index is -10.1. The Morgan fingerprint density at radius 3 is 2.34 bits per heavy atom. The average molecular weight is 481 g/mol. The summed E-state index contributed by atoms with van der Waals surface area (Å²) in [5.41, 5.74) is -0.0875. The normalized spacial score (nSPS) is 14.1. The molecular formula is C18H20F5N5O3S. The minimum absolute atomic E-state index is 0.0787. The molecule has 2 heterocycles. The third-order valence-corrected chi connectivity index (χ3v) is 5.62. The Balaban J connectivity index is 2.06. The van der Waals surface area contributed by atoms with Crippen LogP contribution in [0.1, 0.15) is 29.8 Å². The fourth-order valence-corrected chi connectivity index (χ4v) is 3.63. The number of nitrogens with zero attached hydrogens (tertiary/aromatic N) is 4. The SMILES string of the molecule is CCOc1cc(CC)c2nn(CC(=O)c3cc(OC)cc(S(F)(F)(F)(F)F)c3)c(=N)n2n1. The highest BCUT2D eigenvalue weighted by molar-refractivity contribution is 8.45. The fourth-order valence-electron chi connectivity index (χ4n) is 2.94. The molecule has 0 radical (unpaired) electrons. The van der Waals surface area contributed by atoms with Crippen LogP contribution in [-0.2, 0) is 13.0 Å². The van der Waals surface area contributed by atoms with Gasteiger partial charge in [-0.05, 0) is 25.5 Å². The third-order valence-electron chi connectivity index (χ3n) is 4.49. The predicted octanol–water partition coefficient (Wildman–Crippen LogP) is 4.52. The van der Waals surface area contributed by atoms with Gasteiger partial charge >= 0.3 is 10.2 Å². The summed E-state index contributed by atoms with van der Waals surface area (Å²) >= 11 is 0. The molecule has 176 valence electrons. The van der Waals surface area contributed by atoms with Gasteiger partial charge in [-0.15, -0.1) is 10.2 Å². The Kier molecular flexibility index (Phi) is 5.28. The van der Waals surface area contributed by atoms with E-state index in [2.05, 4.69) is 14.9 Å². The Morgan fingerprint density at radius 2 is 1.78 bits per heavy atom. The number of fused-ring (bicyclic) bond motifs is 1. The van der Waals surface area contributed by atoms with Crippen LogP contribution in [0.15, 0.2) is 29.2 Å². The van der Waals surface area contributed by atoms with E-state index in [1.807, 2.05) is 6.92 Å². The van der Waals surface area contributed by atoms with Gasteiger partial charge in [-0.3, -0.25) is 10.2 Å². The highest BCUT2D eigenvalue weighted by atomic mass is 32.5. The van der Waals surface area contributed by atoms with Crippen molar-refractivity contribution >= 4 is 21.7 Å². The van der Waals surface area contributed by atoms with E-state index in [0.717, 1.165) is 22.4 Å². The number of halogens is 5. The van der Waals surface area contributed by atoms with Gasteiger partial charge < -0.3 is 9.47 Å². The zero-order valence-electron chi connectivity index (χ0n) is 17.2. The number of carbonyl (C=O) groups excluding carboxylic acids is 1. The highest BCUT2D eigenvalue weighted by Gasteiger charge is 2.65. The number of methoxy groups -OCH3 is 1. The topological polar surface area (TPSA) is 94.5 Å². The second-order valence-corrected chi connectivity index (χ2v) is 9.21. The van der Waals surface area contributed by atoms with E-state index in [1.54, 1.807) is 13.0 Å². The van der Waals surface area contributed by atoms with Gasteiger partial charge in [0.2, 0.25) is 11.5 Å². The Bertz CT molecular complexity index is 1270. The maximum atomic E-state index is 13.3. The number of ether oxygens (including phenoxy) is 2. The van der Waals surface area contributed by atoms with E-state index >= 15 is 0 Å². The maximum Gasteiger partial charge on any atom is 0.310 e. The summed E-state index contributed by atoms with van der Waals surface area (Å²) in [6.07, 6.45) is 0.500. The van der Waals surface area contributed by atoms with Gasteiger partial charge in [0, 0.05) is 23.3 Å². The number of rotatable bonds is 8. The van der Waals surface area contributed by atoms with Crippen LogP contribution in [0.25, 0.3) is 5.65 Å². The molecule has 0 aliphatic heterocycles. The third kappa shape index (κ3) is 4.69. The molecule has 8 nitrogen and oxygen atoms in total. The molecule has 2 aromatic heterocycles. The molecule has 0 aliphatic rings. The van der Waals surface area contributed by atoms with E-state index in [4.69, 9.17) is 10.1 Å². The number of carbonyl (C=O) groups is 1. The molecule has 0 amide bonds. The monoisotopic (exact) mass is 481 g/mol. The molecule has 0 saturated heterocycles. The molecule has 0 atom stereocenters. The van der Waals surface area contributed by atoms with Crippen LogP contribution in [0.4, 0.5) is 19.4 Å². The summed E-state index contributed by atoms with van der Waals surface area (Å²) in [7, 11) is -9.06. The smallest absolute Gasteiger partial charge is 0.310 e. The van der Waals surface area contributed by atoms with Crippen molar-refractivity contribution in [3.05, 3.63) is 41.0 Å². The van der Waals surface area contributed by atoms with Gasteiger partial charge in [-0.2, -0.15) is 4.52 Å². The first-order chi connectivity index (χ1) is 14.7. The highest BCUT2D eigenvalue weighted by Crippen LogP contribution is 3.02. The number of benzene rings is 1. The van der Waals surface area contributed by atoms with Crippen LogP contribution in [0.3, 0.4) is 0 Å². The average Bonchev–Trinajstić information content (AvgIpc) is 3.01. The predicted molar refractivity (Wildman–Crippen MR) is 106 cm³/mol. The van der Waals surface area contributed by atoms with Gasteiger partial charge in [0.05, 0.1) is 13.7 Å². The van der Waals surface area contributed by atoms with Crippen molar-refractivity contribution in [2.45, 2.75) is 31.7 Å². The first-order valence-electron chi connectivity index (χ1n) is 9.30. The van der Waals surface area contributed by atoms with E-state index in [9.17, 15) is 24.2 Å². The Labute approximate surface area is 178 Å². The number of aromatic nitrogens is 4. The van der Waals surface area contributed by atoms with Gasteiger partial charge in [0.25, 0.3) is 0 Å². The second kappa shape index (κ2) is 7.18. The number of ketones is 1. The first kappa shape index (κ1) is 23.5. The number of Topliss-reactive ketones (excluding diaryl/α,β-unsaturated/α-hetero) is 1. The number of nitrogens with one attached hydrogen (secondary N) is 1. The summed E-state index contributed by atoms with van der Waals surface area (Å²) in [6.45, 7) is 3.23. The summed E-state index contributed by atoms with van der Waals surface area (Å²) in [5.74, 6) is -1.30. The molecule has 1 aromatic carbocycles.